The Balaban J connectivity index is 2.27. The quantitative estimate of drug-likeness (QED) is 0.765. The molecule has 0 aliphatic rings. The van der Waals surface area contributed by atoms with Gasteiger partial charge in [-0.25, -0.2) is 4.39 Å². The number of furan rings is 1. The van der Waals surface area contributed by atoms with Crippen molar-refractivity contribution in [3.8, 4) is 22.5 Å². The number of hydrogen-bond donors (Lipinski definition) is 1. The fourth-order valence-electron chi connectivity index (χ4n) is 2.06. The van der Waals surface area contributed by atoms with Crippen LogP contribution in [0.1, 0.15) is 5.76 Å². The van der Waals surface area contributed by atoms with Crippen molar-refractivity contribution in [1.29, 1.82) is 0 Å². The average molecular weight is 293 g/mol. The minimum atomic E-state index is -0.563. The van der Waals surface area contributed by atoms with Crippen molar-refractivity contribution in [3.63, 3.8) is 0 Å². The van der Waals surface area contributed by atoms with Gasteiger partial charge in [0.15, 0.2) is 11.6 Å². The molecule has 102 valence electrons. The number of nitrogens with two attached hydrogens (primary N) is 1. The van der Waals surface area contributed by atoms with Crippen molar-refractivity contribution in [2.45, 2.75) is 6.92 Å². The Hall–Kier alpha value is -2.27. The summed E-state index contributed by atoms with van der Waals surface area (Å²) in [4.78, 5) is 0. The fourth-order valence-corrected chi connectivity index (χ4v) is 2.24. The Kier molecular flexibility index (Phi) is 2.99. The van der Waals surface area contributed by atoms with Crippen LogP contribution in [-0.4, -0.2) is 5.16 Å². The number of aryl methyl sites for hydroxylation is 1. The first-order chi connectivity index (χ1) is 9.59. The van der Waals surface area contributed by atoms with E-state index in [1.165, 1.54) is 12.3 Å². The molecule has 4 nitrogen and oxygen atoms in total. The summed E-state index contributed by atoms with van der Waals surface area (Å²) in [5, 5.41) is 3.72. The molecule has 0 spiro atoms. The summed E-state index contributed by atoms with van der Waals surface area (Å²) in [5.41, 5.74) is 7.09. The topological polar surface area (TPSA) is 65.2 Å². The van der Waals surface area contributed by atoms with Crippen molar-refractivity contribution < 1.29 is 13.3 Å². The molecule has 0 amide bonds. The van der Waals surface area contributed by atoms with Crippen LogP contribution in [0.4, 0.5) is 10.2 Å². The largest absolute Gasteiger partial charge is 0.469 e. The van der Waals surface area contributed by atoms with Crippen LogP contribution in [0.3, 0.4) is 0 Å². The molecule has 0 bridgehead atoms. The number of aromatic nitrogens is 1. The molecule has 2 aromatic heterocycles. The summed E-state index contributed by atoms with van der Waals surface area (Å²) >= 11 is 5.81. The van der Waals surface area contributed by atoms with Gasteiger partial charge in [-0.1, -0.05) is 28.9 Å². The highest BCUT2D eigenvalue weighted by Gasteiger charge is 2.23. The lowest BCUT2D eigenvalue weighted by Crippen LogP contribution is -1.92. The van der Waals surface area contributed by atoms with Crippen LogP contribution >= 0.6 is 11.6 Å². The van der Waals surface area contributed by atoms with Crippen molar-refractivity contribution >= 4 is 17.4 Å². The van der Waals surface area contributed by atoms with E-state index in [1.54, 1.807) is 25.1 Å². The van der Waals surface area contributed by atoms with Gasteiger partial charge in [-0.3, -0.25) is 0 Å². The summed E-state index contributed by atoms with van der Waals surface area (Å²) in [6.45, 7) is 1.77. The molecule has 0 saturated heterocycles. The van der Waals surface area contributed by atoms with E-state index in [0.29, 0.717) is 22.6 Å². The zero-order valence-corrected chi connectivity index (χ0v) is 11.2. The molecule has 3 aromatic rings. The summed E-state index contributed by atoms with van der Waals surface area (Å²) < 4.78 is 24.6. The monoisotopic (exact) mass is 292 g/mol. The van der Waals surface area contributed by atoms with Gasteiger partial charge in [-0.15, -0.1) is 0 Å². The lowest BCUT2D eigenvalue weighted by atomic mass is 10.0. The van der Waals surface area contributed by atoms with Gasteiger partial charge in [-0.05, 0) is 19.1 Å². The maximum Gasteiger partial charge on any atom is 0.180 e. The first kappa shape index (κ1) is 12.7. The van der Waals surface area contributed by atoms with Crippen LogP contribution in [-0.2, 0) is 0 Å². The fraction of sp³-hybridized carbons (Fsp3) is 0.0714. The highest BCUT2D eigenvalue weighted by Crippen LogP contribution is 2.40. The second-order valence-corrected chi connectivity index (χ2v) is 4.67. The van der Waals surface area contributed by atoms with Crippen LogP contribution in [0.5, 0.6) is 0 Å². The number of rotatable bonds is 2. The Labute approximate surface area is 118 Å². The van der Waals surface area contributed by atoms with Crippen LogP contribution in [0.2, 0.25) is 5.02 Å². The first-order valence-electron chi connectivity index (χ1n) is 5.83. The molecule has 0 atom stereocenters. The van der Waals surface area contributed by atoms with Gasteiger partial charge in [0.1, 0.15) is 11.6 Å². The lowest BCUT2D eigenvalue weighted by Gasteiger charge is -2.04. The highest BCUT2D eigenvalue weighted by molar-refractivity contribution is 6.31. The molecule has 3 rings (SSSR count). The Bertz CT molecular complexity index is 779. The molecule has 20 heavy (non-hydrogen) atoms. The summed E-state index contributed by atoms with van der Waals surface area (Å²) in [7, 11) is 0. The normalized spacial score (nSPS) is 10.9. The number of benzene rings is 1. The van der Waals surface area contributed by atoms with Crippen molar-refractivity contribution in [2.24, 2.45) is 0 Å². The van der Waals surface area contributed by atoms with E-state index in [2.05, 4.69) is 5.16 Å². The minimum Gasteiger partial charge on any atom is -0.469 e. The molecule has 0 aliphatic carbocycles. The number of hydrogen-bond acceptors (Lipinski definition) is 4. The third kappa shape index (κ3) is 1.87. The number of halogens is 2. The molecule has 0 unspecified atom stereocenters. The molecule has 1 aromatic carbocycles. The van der Waals surface area contributed by atoms with Crippen molar-refractivity contribution in [3.05, 3.63) is 47.1 Å². The van der Waals surface area contributed by atoms with Gasteiger partial charge in [0.25, 0.3) is 0 Å². The standard InChI is InChI=1S/C14H10ClFN2O2/c1-7-8(5-6-19-7)13-11(14(17)18-20-13)9-3-2-4-10(15)12(9)16/h2-6H,1H3,(H2,17,18). The van der Waals surface area contributed by atoms with E-state index >= 15 is 0 Å². The highest BCUT2D eigenvalue weighted by atomic mass is 35.5. The number of anilines is 1. The molecule has 2 N–H and O–H groups in total. The summed E-state index contributed by atoms with van der Waals surface area (Å²) in [5.74, 6) is 0.521. The van der Waals surface area contributed by atoms with Crippen molar-refractivity contribution in [1.82, 2.24) is 5.16 Å². The number of nitrogen functional groups attached to an aromatic ring is 1. The van der Waals surface area contributed by atoms with Crippen molar-refractivity contribution in [2.75, 3.05) is 5.73 Å². The average Bonchev–Trinajstić information content (AvgIpc) is 2.99. The third-order valence-corrected chi connectivity index (χ3v) is 3.33. The maximum atomic E-state index is 14.2. The smallest absolute Gasteiger partial charge is 0.180 e. The predicted octanol–water partition coefficient (Wildman–Crippen LogP) is 4.28. The van der Waals surface area contributed by atoms with Crippen LogP contribution < -0.4 is 5.73 Å². The SMILES string of the molecule is Cc1occc1-c1onc(N)c1-c1cccc(Cl)c1F. The molecule has 2 heterocycles. The second-order valence-electron chi connectivity index (χ2n) is 4.26. The van der Waals surface area contributed by atoms with E-state index in [0.717, 1.165) is 0 Å². The first-order valence-corrected chi connectivity index (χ1v) is 6.21. The number of nitrogens with zero attached hydrogens (tertiary/aromatic N) is 1. The lowest BCUT2D eigenvalue weighted by molar-refractivity contribution is 0.434. The predicted molar refractivity (Wildman–Crippen MR) is 73.8 cm³/mol. The molecule has 6 heteroatoms. The Morgan fingerprint density at radius 1 is 1.25 bits per heavy atom. The zero-order valence-electron chi connectivity index (χ0n) is 10.5. The van der Waals surface area contributed by atoms with E-state index in [9.17, 15) is 4.39 Å². The maximum absolute atomic E-state index is 14.2. The van der Waals surface area contributed by atoms with E-state index in [-0.39, 0.29) is 16.4 Å². The van der Waals surface area contributed by atoms with Gasteiger partial charge < -0.3 is 14.7 Å². The Morgan fingerprint density at radius 3 is 2.75 bits per heavy atom. The molecular weight excluding hydrogens is 283 g/mol. The van der Waals surface area contributed by atoms with E-state index < -0.39 is 5.82 Å². The van der Waals surface area contributed by atoms with Gasteiger partial charge in [0.05, 0.1) is 22.4 Å². The molecule has 0 fully saturated rings. The third-order valence-electron chi connectivity index (χ3n) is 3.04. The molecular formula is C14H10ClFN2O2. The van der Waals surface area contributed by atoms with Crippen LogP contribution in [0.15, 0.2) is 39.5 Å². The van der Waals surface area contributed by atoms with Crippen LogP contribution in [0.25, 0.3) is 22.5 Å². The molecule has 0 radical (unpaired) electrons. The van der Waals surface area contributed by atoms with Gasteiger partial charge in [0, 0.05) is 5.56 Å². The summed E-state index contributed by atoms with van der Waals surface area (Å²) in [6.07, 6.45) is 1.52. The van der Waals surface area contributed by atoms with Gasteiger partial charge in [0.2, 0.25) is 0 Å². The van der Waals surface area contributed by atoms with E-state index in [4.69, 9.17) is 26.3 Å². The molecule has 0 saturated carbocycles. The second kappa shape index (κ2) is 4.68. The Morgan fingerprint density at radius 2 is 2.05 bits per heavy atom. The van der Waals surface area contributed by atoms with Crippen LogP contribution in [0, 0.1) is 12.7 Å². The van der Waals surface area contributed by atoms with Gasteiger partial charge >= 0.3 is 0 Å². The van der Waals surface area contributed by atoms with Gasteiger partial charge in [-0.2, -0.15) is 0 Å². The zero-order chi connectivity index (χ0) is 14.3. The van der Waals surface area contributed by atoms with E-state index in [1.807, 2.05) is 0 Å². The molecule has 0 aliphatic heterocycles. The minimum absolute atomic E-state index is 0.0120. The summed E-state index contributed by atoms with van der Waals surface area (Å²) in [6, 6.07) is 6.39.